The van der Waals surface area contributed by atoms with Crippen molar-refractivity contribution in [3.05, 3.63) is 11.1 Å². The second-order valence-corrected chi connectivity index (χ2v) is 6.48. The molecule has 21 heavy (non-hydrogen) atoms. The molecule has 0 saturated carbocycles. The molecule has 2 heteroatoms. The molecule has 0 unspecified atom stereocenters. The normalized spacial score (nSPS) is 15.4. The van der Waals surface area contributed by atoms with Crippen molar-refractivity contribution in [2.75, 3.05) is 13.1 Å². The summed E-state index contributed by atoms with van der Waals surface area (Å²) in [6.07, 6.45) is 14.3. The van der Waals surface area contributed by atoms with E-state index in [1.807, 2.05) is 4.90 Å². The summed E-state index contributed by atoms with van der Waals surface area (Å²) in [5.41, 5.74) is 3.42. The maximum Gasteiger partial charge on any atom is 0.219 e. The maximum absolute atomic E-state index is 11.4. The lowest BCUT2D eigenvalue weighted by Gasteiger charge is -2.29. The number of unbranched alkanes of at least 4 members (excludes halogenated alkanes) is 5. The van der Waals surface area contributed by atoms with Crippen LogP contribution in [0, 0.1) is 0 Å². The van der Waals surface area contributed by atoms with E-state index >= 15 is 0 Å². The Bertz CT molecular complexity index is 322. The average Bonchev–Trinajstić information content (AvgIpc) is 2.50. The van der Waals surface area contributed by atoms with E-state index in [0.29, 0.717) is 0 Å². The Morgan fingerprint density at radius 2 is 1.43 bits per heavy atom. The van der Waals surface area contributed by atoms with Gasteiger partial charge in [-0.25, -0.2) is 0 Å². The number of piperidine rings is 1. The number of carbonyl (C=O) groups excluding carboxylic acids is 1. The number of allylic oxidation sites excluding steroid dienone is 1. The molecule has 0 aromatic heterocycles. The molecule has 2 nitrogen and oxygen atoms in total. The van der Waals surface area contributed by atoms with Crippen LogP contribution in [0.15, 0.2) is 11.1 Å². The first-order valence-corrected chi connectivity index (χ1v) is 9.14. The third-order valence-corrected chi connectivity index (χ3v) is 4.73. The highest BCUT2D eigenvalue weighted by Crippen LogP contribution is 2.27. The van der Waals surface area contributed by atoms with Gasteiger partial charge in [0.05, 0.1) is 0 Å². The predicted molar refractivity (Wildman–Crippen MR) is 91.4 cm³/mol. The Labute approximate surface area is 132 Å². The van der Waals surface area contributed by atoms with Crippen LogP contribution in [-0.2, 0) is 4.79 Å². The van der Waals surface area contributed by atoms with Crippen molar-refractivity contribution in [1.82, 2.24) is 4.90 Å². The monoisotopic (exact) mass is 293 g/mol. The maximum atomic E-state index is 11.4. The Hall–Kier alpha value is -0.790. The highest BCUT2D eigenvalue weighted by Gasteiger charge is 2.18. The Kier molecular flexibility index (Phi) is 9.45. The third kappa shape index (κ3) is 7.15. The number of likely N-dealkylation sites (tertiary alicyclic amines) is 1. The van der Waals surface area contributed by atoms with Crippen LogP contribution in [0.4, 0.5) is 0 Å². The molecule has 0 aliphatic carbocycles. The first-order chi connectivity index (χ1) is 10.2. The molecule has 0 aromatic carbocycles. The summed E-state index contributed by atoms with van der Waals surface area (Å²) in [5, 5.41) is 0. The van der Waals surface area contributed by atoms with Crippen LogP contribution in [0.5, 0.6) is 0 Å². The minimum atomic E-state index is 0.240. The fourth-order valence-corrected chi connectivity index (χ4v) is 3.28. The quantitative estimate of drug-likeness (QED) is 0.407. The van der Waals surface area contributed by atoms with E-state index in [1.165, 1.54) is 57.8 Å². The minimum Gasteiger partial charge on any atom is -0.342 e. The number of hydrogen-bond acceptors (Lipinski definition) is 1. The molecule has 0 N–H and O–H groups in total. The van der Waals surface area contributed by atoms with E-state index in [9.17, 15) is 4.79 Å². The van der Waals surface area contributed by atoms with Crippen molar-refractivity contribution in [2.24, 2.45) is 0 Å². The molecule has 1 fully saturated rings. The van der Waals surface area contributed by atoms with Gasteiger partial charge < -0.3 is 4.90 Å². The molecule has 0 radical (unpaired) electrons. The molecule has 1 aliphatic heterocycles. The van der Waals surface area contributed by atoms with Crippen LogP contribution < -0.4 is 0 Å². The van der Waals surface area contributed by atoms with Crippen molar-refractivity contribution < 1.29 is 4.79 Å². The van der Waals surface area contributed by atoms with Crippen molar-refractivity contribution in [1.29, 1.82) is 0 Å². The summed E-state index contributed by atoms with van der Waals surface area (Å²) in [4.78, 5) is 13.4. The lowest BCUT2D eigenvalue weighted by atomic mass is 9.91. The summed E-state index contributed by atoms with van der Waals surface area (Å²) in [6.45, 7) is 8.13. The lowest BCUT2D eigenvalue weighted by Crippen LogP contribution is -2.34. The van der Waals surface area contributed by atoms with Gasteiger partial charge in [0.2, 0.25) is 5.91 Å². The number of hydrogen-bond donors (Lipinski definition) is 0. The summed E-state index contributed by atoms with van der Waals surface area (Å²) in [5.74, 6) is 0.240. The highest BCUT2D eigenvalue weighted by molar-refractivity contribution is 5.73. The van der Waals surface area contributed by atoms with Gasteiger partial charge in [-0.2, -0.15) is 0 Å². The Morgan fingerprint density at radius 3 is 1.95 bits per heavy atom. The Balaban J connectivity index is 2.52. The van der Waals surface area contributed by atoms with Gasteiger partial charge in [0, 0.05) is 20.0 Å². The number of carbonyl (C=O) groups is 1. The summed E-state index contributed by atoms with van der Waals surface area (Å²) >= 11 is 0. The first kappa shape index (κ1) is 18.3. The molecule has 1 heterocycles. The second-order valence-electron chi connectivity index (χ2n) is 6.48. The second kappa shape index (κ2) is 10.9. The van der Waals surface area contributed by atoms with Gasteiger partial charge in [-0.15, -0.1) is 0 Å². The SMILES string of the molecule is CCCCCCC(CCCCC)=C1CCN(C(C)=O)CC1. The van der Waals surface area contributed by atoms with Gasteiger partial charge in [-0.05, 0) is 38.5 Å². The van der Waals surface area contributed by atoms with E-state index in [1.54, 1.807) is 18.1 Å². The van der Waals surface area contributed by atoms with Crippen LogP contribution in [0.2, 0.25) is 0 Å². The van der Waals surface area contributed by atoms with E-state index in [4.69, 9.17) is 0 Å². The number of amides is 1. The van der Waals surface area contributed by atoms with Gasteiger partial charge in [0.1, 0.15) is 0 Å². The van der Waals surface area contributed by atoms with E-state index in [-0.39, 0.29) is 5.91 Å². The van der Waals surface area contributed by atoms with Crippen molar-refractivity contribution in [3.8, 4) is 0 Å². The molecule has 0 aromatic rings. The summed E-state index contributed by atoms with van der Waals surface area (Å²) < 4.78 is 0. The molecule has 1 aliphatic rings. The molecule has 0 bridgehead atoms. The van der Waals surface area contributed by atoms with E-state index in [0.717, 1.165) is 25.9 Å². The Morgan fingerprint density at radius 1 is 0.905 bits per heavy atom. The van der Waals surface area contributed by atoms with Crippen LogP contribution in [0.3, 0.4) is 0 Å². The molecule has 1 saturated heterocycles. The smallest absolute Gasteiger partial charge is 0.219 e. The first-order valence-electron chi connectivity index (χ1n) is 9.14. The zero-order valence-electron chi connectivity index (χ0n) is 14.5. The fraction of sp³-hybridized carbons (Fsp3) is 0.842. The minimum absolute atomic E-state index is 0.240. The molecule has 1 rings (SSSR count). The van der Waals surface area contributed by atoms with Crippen LogP contribution in [0.25, 0.3) is 0 Å². The third-order valence-electron chi connectivity index (χ3n) is 4.73. The fourth-order valence-electron chi connectivity index (χ4n) is 3.28. The van der Waals surface area contributed by atoms with Gasteiger partial charge in [-0.3, -0.25) is 4.79 Å². The lowest BCUT2D eigenvalue weighted by molar-refractivity contribution is -0.129. The van der Waals surface area contributed by atoms with Crippen LogP contribution in [0.1, 0.15) is 91.4 Å². The molecule has 1 amide bonds. The topological polar surface area (TPSA) is 20.3 Å². The van der Waals surface area contributed by atoms with Crippen molar-refractivity contribution in [3.63, 3.8) is 0 Å². The molecular formula is C19H35NO. The van der Waals surface area contributed by atoms with Crippen LogP contribution in [-0.4, -0.2) is 23.9 Å². The van der Waals surface area contributed by atoms with Gasteiger partial charge in [0.25, 0.3) is 0 Å². The van der Waals surface area contributed by atoms with Crippen molar-refractivity contribution >= 4 is 5.91 Å². The molecule has 122 valence electrons. The van der Waals surface area contributed by atoms with Gasteiger partial charge in [0.15, 0.2) is 0 Å². The molecule has 0 spiro atoms. The number of nitrogens with zero attached hydrogens (tertiary/aromatic N) is 1. The van der Waals surface area contributed by atoms with Gasteiger partial charge in [-0.1, -0.05) is 57.1 Å². The summed E-state index contributed by atoms with van der Waals surface area (Å²) in [7, 11) is 0. The van der Waals surface area contributed by atoms with E-state index in [2.05, 4.69) is 13.8 Å². The highest BCUT2D eigenvalue weighted by atomic mass is 16.2. The average molecular weight is 293 g/mol. The standard InChI is InChI=1S/C19H35NO/c1-4-6-8-10-12-18(11-9-7-5-2)19-13-15-20(16-14-19)17(3)21/h4-16H2,1-3H3. The number of rotatable bonds is 9. The zero-order valence-corrected chi connectivity index (χ0v) is 14.5. The summed E-state index contributed by atoms with van der Waals surface area (Å²) in [6, 6.07) is 0. The van der Waals surface area contributed by atoms with Crippen molar-refractivity contribution in [2.45, 2.75) is 91.4 Å². The van der Waals surface area contributed by atoms with E-state index < -0.39 is 0 Å². The predicted octanol–water partition coefficient (Wildman–Crippen LogP) is 5.48. The largest absolute Gasteiger partial charge is 0.342 e. The van der Waals surface area contributed by atoms with Crippen LogP contribution >= 0.6 is 0 Å². The molecular weight excluding hydrogens is 258 g/mol. The van der Waals surface area contributed by atoms with Gasteiger partial charge >= 0.3 is 0 Å². The molecule has 0 atom stereocenters. The zero-order chi connectivity index (χ0) is 15.5.